The lowest BCUT2D eigenvalue weighted by atomic mass is 10.0. The van der Waals surface area contributed by atoms with Crippen LogP contribution in [0, 0.1) is 5.92 Å². The molecule has 4 nitrogen and oxygen atoms in total. The highest BCUT2D eigenvalue weighted by Crippen LogP contribution is 2.54. The van der Waals surface area contributed by atoms with Crippen molar-refractivity contribution in [3.05, 3.63) is 87.4 Å². The molecule has 0 saturated heterocycles. The molecule has 0 amide bonds. The van der Waals surface area contributed by atoms with Crippen molar-refractivity contribution in [1.82, 2.24) is 4.31 Å². The molecule has 0 aromatic heterocycles. The van der Waals surface area contributed by atoms with Gasteiger partial charge >= 0.3 is 5.97 Å². The Kier molecular flexibility index (Phi) is 10.2. The number of hydrogen-bond acceptors (Lipinski definition) is 3. The number of aliphatic carboxylic acids is 1. The Balaban J connectivity index is 0.00000187. The molecule has 3 atom stereocenters. The minimum Gasteiger partial charge on any atom is -0.480 e. The fourth-order valence-corrected chi connectivity index (χ4v) is 5.99. The molecule has 0 heterocycles. The second-order valence-corrected chi connectivity index (χ2v) is 10.2. The monoisotopic (exact) mass is 485 g/mol. The van der Waals surface area contributed by atoms with Crippen molar-refractivity contribution in [2.75, 3.05) is 7.05 Å². The first-order valence-corrected chi connectivity index (χ1v) is 13.0. The second kappa shape index (κ2) is 12.4. The first kappa shape index (κ1) is 27.1. The van der Waals surface area contributed by atoms with Crippen LogP contribution in [0.4, 0.5) is 0 Å². The molecule has 178 valence electrons. The number of carboxylic acids is 1. The number of likely N-dealkylation sites (N-methyl/N-ethyl adjacent to an activating group) is 1. The van der Waals surface area contributed by atoms with Gasteiger partial charge in [0.15, 0.2) is 0 Å². The van der Waals surface area contributed by atoms with Gasteiger partial charge in [-0.05, 0) is 68.4 Å². The maximum atomic E-state index is 13.4. The quantitative estimate of drug-likeness (QED) is 0.248. The van der Waals surface area contributed by atoms with Crippen molar-refractivity contribution >= 4 is 29.6 Å². The summed E-state index contributed by atoms with van der Waals surface area (Å²) in [6.45, 7) is 9.84. The predicted octanol–water partition coefficient (Wildman–Crippen LogP) is 6.43. The molecule has 1 N–H and O–H groups in total. The maximum Gasteiger partial charge on any atom is 0.325 e. The number of allylic oxidation sites excluding steroid dienone is 10. The fraction of sp³-hybridized carbons (Fsp3) is 0.407. The Bertz CT molecular complexity index is 1020. The Morgan fingerprint density at radius 3 is 2.73 bits per heavy atom. The summed E-state index contributed by atoms with van der Waals surface area (Å²) in [6, 6.07) is 0. The van der Waals surface area contributed by atoms with E-state index in [4.69, 9.17) is 0 Å². The molecule has 1 saturated carbocycles. The van der Waals surface area contributed by atoms with Crippen LogP contribution in [-0.4, -0.2) is 32.2 Å². The van der Waals surface area contributed by atoms with Gasteiger partial charge in [-0.25, -0.2) is 8.51 Å². The van der Waals surface area contributed by atoms with Gasteiger partial charge in [0.25, 0.3) is 0 Å². The highest BCUT2D eigenvalue weighted by molar-refractivity contribution is 7.86. The number of carboxylic acid groups (broad SMARTS) is 1. The normalized spacial score (nSPS) is 28.6. The van der Waals surface area contributed by atoms with E-state index in [-0.39, 0.29) is 5.92 Å². The van der Waals surface area contributed by atoms with Crippen LogP contribution < -0.4 is 0 Å². The third kappa shape index (κ3) is 6.48. The number of carbonyl (C=O) groups is 1. The smallest absolute Gasteiger partial charge is 0.325 e. The molecule has 33 heavy (non-hydrogen) atoms. The lowest BCUT2D eigenvalue weighted by molar-refractivity contribution is -0.143. The first-order chi connectivity index (χ1) is 15.8. The average Bonchev–Trinajstić information content (AvgIpc) is 3.54. The number of thiol groups is 1. The van der Waals surface area contributed by atoms with Crippen LogP contribution in [0.25, 0.3) is 0 Å². The van der Waals surface area contributed by atoms with E-state index in [1.165, 1.54) is 5.57 Å². The van der Waals surface area contributed by atoms with Crippen LogP contribution in [0.1, 0.15) is 52.9 Å². The third-order valence-electron chi connectivity index (χ3n) is 5.87. The summed E-state index contributed by atoms with van der Waals surface area (Å²) in [5.41, 5.74) is 4.91. The van der Waals surface area contributed by atoms with E-state index >= 15 is 0 Å². The van der Waals surface area contributed by atoms with Gasteiger partial charge in [-0.2, -0.15) is 0 Å². The molecular weight excluding hydrogens is 450 g/mol. The molecule has 3 aliphatic rings. The van der Waals surface area contributed by atoms with Gasteiger partial charge in [-0.1, -0.05) is 56.4 Å². The molecule has 3 unspecified atom stereocenters. The van der Waals surface area contributed by atoms with Gasteiger partial charge in [0.05, 0.1) is 0 Å². The van der Waals surface area contributed by atoms with Gasteiger partial charge in [-0.15, -0.1) is 18.4 Å². The summed E-state index contributed by atoms with van der Waals surface area (Å²) in [5, 5.41) is 10.0. The summed E-state index contributed by atoms with van der Waals surface area (Å²) in [7, 11) is 0.157. The van der Waals surface area contributed by atoms with Crippen molar-refractivity contribution in [3.63, 3.8) is 0 Å². The van der Waals surface area contributed by atoms with E-state index in [9.17, 15) is 14.1 Å². The molecule has 3 aliphatic carbocycles. The second-order valence-electron chi connectivity index (χ2n) is 8.13. The fourth-order valence-electron chi connectivity index (χ4n) is 4.08. The molecule has 6 heteroatoms. The van der Waals surface area contributed by atoms with Crippen LogP contribution in [0.3, 0.4) is 0 Å². The van der Waals surface area contributed by atoms with Crippen molar-refractivity contribution in [3.8, 4) is 0 Å². The van der Waals surface area contributed by atoms with Gasteiger partial charge in [0.1, 0.15) is 16.5 Å². The zero-order valence-electron chi connectivity index (χ0n) is 20.0. The number of rotatable bonds is 7. The van der Waals surface area contributed by atoms with E-state index in [1.807, 2.05) is 57.2 Å². The minimum absolute atomic E-state index is 0.206. The van der Waals surface area contributed by atoms with Gasteiger partial charge in [-0.3, -0.25) is 4.79 Å². The number of hydrogen-bond donors (Lipinski definition) is 2. The molecule has 0 aromatic carbocycles. The average molecular weight is 486 g/mol. The molecular formula is C27H35NO3S2. The SMILES string of the molecule is C=C(C)/C=C(S)/C1=C/C/C=C(/S(=O)N(C)C2(C(=O)O)CC2C2=CC=CC=C=C2)CCC1.CC. The lowest BCUT2D eigenvalue weighted by Crippen LogP contribution is -2.44. The van der Waals surface area contributed by atoms with E-state index < -0.39 is 22.5 Å². The summed E-state index contributed by atoms with van der Waals surface area (Å²) in [5.74, 6) is -1.14. The summed E-state index contributed by atoms with van der Waals surface area (Å²) in [4.78, 5) is 14.0. The number of nitrogens with zero attached hydrogens (tertiary/aromatic N) is 1. The molecule has 0 aromatic rings. The van der Waals surface area contributed by atoms with Crippen LogP contribution in [0.5, 0.6) is 0 Å². The molecule has 1 fully saturated rings. The van der Waals surface area contributed by atoms with E-state index in [2.05, 4.69) is 31.0 Å². The minimum atomic E-state index is -1.51. The highest BCUT2D eigenvalue weighted by atomic mass is 32.2. The standard InChI is InChI=1S/C25H29NO3S2.C2H6/c1-18(2)16-23(30)20-12-8-14-21(15-9-13-20)31(29)26(3)25(24(27)28)17-22(25)19-10-6-4-5-7-11-19;1-2/h4-6,10-12,14,16,22,30H,1,8-9,13,15,17H2,2-3H3,(H,27,28);1-2H3/b20-12+,21-14+,23-16-;. The van der Waals surface area contributed by atoms with Crippen LogP contribution in [0.2, 0.25) is 0 Å². The molecule has 0 aliphatic heterocycles. The van der Waals surface area contributed by atoms with Crippen LogP contribution >= 0.6 is 12.6 Å². The summed E-state index contributed by atoms with van der Waals surface area (Å²) < 4.78 is 14.9. The van der Waals surface area contributed by atoms with Crippen LogP contribution in [-0.2, 0) is 15.8 Å². The maximum absolute atomic E-state index is 13.4. The van der Waals surface area contributed by atoms with E-state index in [1.54, 1.807) is 17.4 Å². The highest BCUT2D eigenvalue weighted by Gasteiger charge is 2.65. The van der Waals surface area contributed by atoms with Crippen molar-refractivity contribution in [2.24, 2.45) is 5.92 Å². The van der Waals surface area contributed by atoms with Crippen molar-refractivity contribution in [2.45, 2.75) is 58.4 Å². The van der Waals surface area contributed by atoms with Crippen LogP contribution in [0.15, 0.2) is 87.4 Å². The molecule has 0 bridgehead atoms. The Morgan fingerprint density at radius 1 is 1.33 bits per heavy atom. The molecule has 3 rings (SSSR count). The molecule has 0 radical (unpaired) electrons. The Hall–Kier alpha value is -2.11. The topological polar surface area (TPSA) is 57.6 Å². The van der Waals surface area contributed by atoms with E-state index in [0.717, 1.165) is 33.8 Å². The van der Waals surface area contributed by atoms with Gasteiger partial charge in [0.2, 0.25) is 0 Å². The zero-order valence-corrected chi connectivity index (χ0v) is 21.7. The van der Waals surface area contributed by atoms with E-state index in [0.29, 0.717) is 19.3 Å². The van der Waals surface area contributed by atoms with Gasteiger partial charge in [0, 0.05) is 22.8 Å². The van der Waals surface area contributed by atoms with Gasteiger partial charge < -0.3 is 5.11 Å². The molecule has 0 spiro atoms. The predicted molar refractivity (Wildman–Crippen MR) is 142 cm³/mol. The first-order valence-electron chi connectivity index (χ1n) is 11.4. The summed E-state index contributed by atoms with van der Waals surface area (Å²) >= 11 is 4.58. The Labute approximate surface area is 206 Å². The van der Waals surface area contributed by atoms with Crippen molar-refractivity contribution in [1.29, 1.82) is 0 Å². The lowest BCUT2D eigenvalue weighted by Gasteiger charge is -2.26. The third-order valence-corrected chi connectivity index (χ3v) is 7.93. The largest absolute Gasteiger partial charge is 0.480 e. The Morgan fingerprint density at radius 2 is 2.06 bits per heavy atom. The summed E-state index contributed by atoms with van der Waals surface area (Å²) in [6.07, 6.45) is 18.7. The zero-order chi connectivity index (χ0) is 24.6. The van der Waals surface area contributed by atoms with Crippen molar-refractivity contribution < 1.29 is 14.1 Å².